The van der Waals surface area contributed by atoms with E-state index in [1.165, 1.54) is 27.0 Å². The monoisotopic (exact) mass is 349 g/mol. The molecule has 7 nitrogen and oxygen atoms in total. The first-order chi connectivity index (χ1) is 10.7. The Bertz CT molecular complexity index is 647. The van der Waals surface area contributed by atoms with Crippen LogP contribution in [0.5, 0.6) is 5.75 Å². The number of benzene rings is 1. The number of carbonyl (C=O) groups is 1. The summed E-state index contributed by atoms with van der Waals surface area (Å²) in [4.78, 5) is 10.5. The van der Waals surface area contributed by atoms with Gasteiger partial charge in [0, 0.05) is 13.2 Å². The van der Waals surface area contributed by atoms with Gasteiger partial charge in [0.1, 0.15) is 29.6 Å². The molecule has 130 valence electrons. The molecule has 0 bridgehead atoms. The van der Waals surface area contributed by atoms with E-state index in [-0.39, 0.29) is 19.0 Å². The molecule has 0 atom stereocenters. The molecule has 0 aliphatic carbocycles. The Morgan fingerprint density at radius 3 is 2.52 bits per heavy atom. The van der Waals surface area contributed by atoms with Crippen LogP contribution in [-0.2, 0) is 19.6 Å². The molecule has 0 amide bonds. The Morgan fingerprint density at radius 2 is 2.00 bits per heavy atom. The first-order valence-corrected chi connectivity index (χ1v) is 8.29. The summed E-state index contributed by atoms with van der Waals surface area (Å²) >= 11 is 0. The number of nitrogens with zero attached hydrogens (tertiary/aromatic N) is 1. The van der Waals surface area contributed by atoms with Gasteiger partial charge in [-0.05, 0) is 32.0 Å². The van der Waals surface area contributed by atoms with Gasteiger partial charge in [-0.15, -0.1) is 0 Å². The molecular weight excluding hydrogens is 329 g/mol. The minimum Gasteiger partial charge on any atom is -0.490 e. The molecule has 0 saturated heterocycles. The maximum Gasteiger partial charge on any atom is 0.318 e. The highest BCUT2D eigenvalue weighted by Gasteiger charge is 2.32. The van der Waals surface area contributed by atoms with Crippen molar-refractivity contribution < 1.29 is 32.2 Å². The van der Waals surface area contributed by atoms with Gasteiger partial charge in [0.2, 0.25) is 10.0 Å². The molecule has 0 aliphatic heterocycles. The fourth-order valence-corrected chi connectivity index (χ4v) is 3.57. The van der Waals surface area contributed by atoms with Crippen LogP contribution in [0.25, 0.3) is 0 Å². The van der Waals surface area contributed by atoms with Crippen molar-refractivity contribution >= 4 is 16.0 Å². The number of hydrogen-bond acceptors (Lipinski definition) is 5. The molecule has 0 fully saturated rings. The van der Waals surface area contributed by atoms with Crippen LogP contribution < -0.4 is 4.74 Å². The van der Waals surface area contributed by atoms with Crippen molar-refractivity contribution in [2.45, 2.75) is 24.8 Å². The second-order valence-corrected chi connectivity index (χ2v) is 6.83. The summed E-state index contributed by atoms with van der Waals surface area (Å²) in [5.41, 5.74) is 0. The van der Waals surface area contributed by atoms with E-state index in [0.717, 1.165) is 16.4 Å². The van der Waals surface area contributed by atoms with E-state index in [0.29, 0.717) is 0 Å². The van der Waals surface area contributed by atoms with Crippen LogP contribution in [0.15, 0.2) is 23.1 Å². The Kier molecular flexibility index (Phi) is 6.92. The van der Waals surface area contributed by atoms with Gasteiger partial charge in [0.25, 0.3) is 0 Å². The largest absolute Gasteiger partial charge is 0.490 e. The average Bonchev–Trinajstić information content (AvgIpc) is 2.45. The molecule has 0 radical (unpaired) electrons. The summed E-state index contributed by atoms with van der Waals surface area (Å²) in [6.07, 6.45) is 0. The molecule has 0 aliphatic rings. The maximum absolute atomic E-state index is 13.5. The smallest absolute Gasteiger partial charge is 0.318 e. The van der Waals surface area contributed by atoms with E-state index >= 15 is 0 Å². The van der Waals surface area contributed by atoms with Crippen LogP contribution in [0.4, 0.5) is 4.39 Å². The predicted molar refractivity (Wildman–Crippen MR) is 80.4 cm³/mol. The highest BCUT2D eigenvalue weighted by molar-refractivity contribution is 7.89. The van der Waals surface area contributed by atoms with Gasteiger partial charge in [-0.25, -0.2) is 12.8 Å². The number of ether oxygens (including phenoxy) is 2. The van der Waals surface area contributed by atoms with Gasteiger partial charge in [0.05, 0.1) is 6.61 Å². The third-order valence-electron chi connectivity index (χ3n) is 2.90. The van der Waals surface area contributed by atoms with E-state index in [2.05, 4.69) is 0 Å². The van der Waals surface area contributed by atoms with Crippen molar-refractivity contribution in [2.24, 2.45) is 0 Å². The molecule has 0 unspecified atom stereocenters. The second-order valence-electron chi connectivity index (χ2n) is 4.97. The van der Waals surface area contributed by atoms with Crippen LogP contribution in [0.1, 0.15) is 13.8 Å². The molecule has 1 N–H and O–H groups in total. The van der Waals surface area contributed by atoms with Crippen LogP contribution in [0.2, 0.25) is 0 Å². The summed E-state index contributed by atoms with van der Waals surface area (Å²) in [6.45, 7) is 2.63. The fourth-order valence-electron chi connectivity index (χ4n) is 1.84. The van der Waals surface area contributed by atoms with Gasteiger partial charge in [-0.2, -0.15) is 4.31 Å². The average molecular weight is 349 g/mol. The van der Waals surface area contributed by atoms with Crippen molar-refractivity contribution in [3.05, 3.63) is 24.0 Å². The maximum atomic E-state index is 13.5. The summed E-state index contributed by atoms with van der Waals surface area (Å²) in [6, 6.07) is 2.45. The fraction of sp³-hybridized carbons (Fsp3) is 0.500. The van der Waals surface area contributed by atoms with Crippen molar-refractivity contribution in [3.63, 3.8) is 0 Å². The lowest BCUT2D eigenvalue weighted by atomic mass is 10.3. The molecular formula is C14H20FNO6S. The normalized spacial score (nSPS) is 11.9. The molecule has 9 heteroatoms. The number of sulfonamides is 1. The van der Waals surface area contributed by atoms with Crippen molar-refractivity contribution in [2.75, 3.05) is 26.9 Å². The quantitative estimate of drug-likeness (QED) is 0.676. The summed E-state index contributed by atoms with van der Waals surface area (Å²) in [5, 5.41) is 8.91. The zero-order valence-electron chi connectivity index (χ0n) is 13.2. The lowest BCUT2D eigenvalue weighted by Gasteiger charge is -2.25. The van der Waals surface area contributed by atoms with Crippen molar-refractivity contribution in [3.8, 4) is 5.75 Å². The molecule has 1 aromatic rings. The molecule has 0 spiro atoms. The molecule has 23 heavy (non-hydrogen) atoms. The number of halogens is 1. The van der Waals surface area contributed by atoms with Crippen LogP contribution in [0, 0.1) is 5.82 Å². The molecule has 1 rings (SSSR count). The van der Waals surface area contributed by atoms with Gasteiger partial charge in [-0.3, -0.25) is 4.79 Å². The second kappa shape index (κ2) is 8.23. The highest BCUT2D eigenvalue weighted by atomic mass is 32.2. The predicted octanol–water partition coefficient (Wildman–Crippen LogP) is 1.33. The Morgan fingerprint density at radius 1 is 1.35 bits per heavy atom. The number of carboxylic acids is 1. The summed E-state index contributed by atoms with van der Waals surface area (Å²) in [5.74, 6) is -2.12. The number of rotatable bonds is 9. The SMILES string of the molecule is COCCOc1ccc(F)cc1S(=O)(=O)N(CC(=O)O)C(C)C. The molecule has 0 heterocycles. The zero-order valence-corrected chi connectivity index (χ0v) is 14.0. The Labute approximate surface area is 134 Å². The van der Waals surface area contributed by atoms with Crippen LogP contribution in [0.3, 0.4) is 0 Å². The minimum atomic E-state index is -4.24. The highest BCUT2D eigenvalue weighted by Crippen LogP contribution is 2.28. The number of hydrogen-bond donors (Lipinski definition) is 1. The zero-order chi connectivity index (χ0) is 17.6. The Hall–Kier alpha value is -1.71. The van der Waals surface area contributed by atoms with Crippen LogP contribution in [-0.4, -0.2) is 56.7 Å². The summed E-state index contributed by atoms with van der Waals surface area (Å²) < 4.78 is 49.8. The standard InChI is InChI=1S/C14H20FNO6S/c1-10(2)16(9-14(17)18)23(19,20)13-8-11(15)4-5-12(13)22-7-6-21-3/h4-5,8,10H,6-7,9H2,1-3H3,(H,17,18). The topological polar surface area (TPSA) is 93.1 Å². The van der Waals surface area contributed by atoms with Crippen molar-refractivity contribution in [1.29, 1.82) is 0 Å². The lowest BCUT2D eigenvalue weighted by molar-refractivity contribution is -0.137. The molecule has 0 aromatic heterocycles. The van der Waals surface area contributed by atoms with E-state index in [4.69, 9.17) is 14.6 Å². The third kappa shape index (κ3) is 5.15. The van der Waals surface area contributed by atoms with E-state index in [1.807, 2.05) is 0 Å². The van der Waals surface area contributed by atoms with Gasteiger partial charge in [-0.1, -0.05) is 0 Å². The van der Waals surface area contributed by atoms with Crippen LogP contribution >= 0.6 is 0 Å². The van der Waals surface area contributed by atoms with E-state index in [9.17, 15) is 17.6 Å². The number of carboxylic acid groups (broad SMARTS) is 1. The first-order valence-electron chi connectivity index (χ1n) is 6.85. The third-order valence-corrected chi connectivity index (χ3v) is 4.95. The number of aliphatic carboxylic acids is 1. The van der Waals surface area contributed by atoms with Gasteiger partial charge < -0.3 is 14.6 Å². The van der Waals surface area contributed by atoms with Gasteiger partial charge in [0.15, 0.2) is 0 Å². The van der Waals surface area contributed by atoms with Gasteiger partial charge >= 0.3 is 5.97 Å². The minimum absolute atomic E-state index is 0.0560. The van der Waals surface area contributed by atoms with E-state index in [1.54, 1.807) is 0 Å². The Balaban J connectivity index is 3.28. The lowest BCUT2D eigenvalue weighted by Crippen LogP contribution is -2.40. The molecule has 0 saturated carbocycles. The molecule has 1 aromatic carbocycles. The van der Waals surface area contributed by atoms with E-state index < -0.39 is 39.3 Å². The summed E-state index contributed by atoms with van der Waals surface area (Å²) in [7, 11) is -2.78. The first kappa shape index (κ1) is 19.3. The number of methoxy groups -OCH3 is 1. The van der Waals surface area contributed by atoms with Crippen molar-refractivity contribution in [1.82, 2.24) is 4.31 Å².